The number of hydrogen-bond acceptors (Lipinski definition) is 6. The van der Waals surface area contributed by atoms with Gasteiger partial charge in [-0.3, -0.25) is 10.2 Å². The summed E-state index contributed by atoms with van der Waals surface area (Å²) in [7, 11) is -3.59. The van der Waals surface area contributed by atoms with Crippen molar-refractivity contribution in [3.63, 3.8) is 0 Å². The fourth-order valence-corrected chi connectivity index (χ4v) is 5.40. The molecule has 2 heterocycles. The largest absolute Gasteiger partial charge is 0.449 e. The Balaban J connectivity index is 1.98. The topological polar surface area (TPSA) is 105 Å². The monoisotopic (exact) mass is 375 g/mol. The normalized spacial score (nSPS) is 18.8. The Kier molecular flexibility index (Phi) is 6.19. The Morgan fingerprint density at radius 3 is 2.75 bits per heavy atom. The summed E-state index contributed by atoms with van der Waals surface area (Å²) in [5, 5.41) is 0. The first-order valence-corrected chi connectivity index (χ1v) is 9.89. The van der Waals surface area contributed by atoms with Crippen LogP contribution < -0.4 is 10.9 Å². The van der Waals surface area contributed by atoms with E-state index in [9.17, 15) is 18.0 Å². The van der Waals surface area contributed by atoms with Crippen LogP contribution in [0.4, 0.5) is 4.79 Å². The van der Waals surface area contributed by atoms with Gasteiger partial charge in [-0.05, 0) is 38.8 Å². The zero-order valence-corrected chi connectivity index (χ0v) is 15.2. The van der Waals surface area contributed by atoms with E-state index >= 15 is 0 Å². The van der Waals surface area contributed by atoms with Crippen molar-refractivity contribution in [1.29, 1.82) is 0 Å². The molecule has 0 aliphatic carbocycles. The molecule has 1 atom stereocenters. The second kappa shape index (κ2) is 7.95. The molecular formula is C14H21N3O5S2. The number of amides is 2. The van der Waals surface area contributed by atoms with Crippen LogP contribution in [0.2, 0.25) is 0 Å². The number of aryl methyl sites for hydroxylation is 1. The molecule has 0 bridgehead atoms. The van der Waals surface area contributed by atoms with Gasteiger partial charge in [-0.2, -0.15) is 4.31 Å². The number of nitrogens with one attached hydrogen (secondary N) is 2. The Labute approximate surface area is 145 Å². The van der Waals surface area contributed by atoms with Crippen LogP contribution in [0.5, 0.6) is 0 Å². The molecule has 2 rings (SSSR count). The summed E-state index contributed by atoms with van der Waals surface area (Å²) in [6.07, 6.45) is 0.396. The summed E-state index contributed by atoms with van der Waals surface area (Å²) in [5.41, 5.74) is 4.41. The molecule has 1 aliphatic heterocycles. The van der Waals surface area contributed by atoms with Crippen LogP contribution in [-0.4, -0.2) is 44.4 Å². The summed E-state index contributed by atoms with van der Waals surface area (Å²) in [5.74, 6) is -0.943. The smallest absolute Gasteiger partial charge is 0.426 e. The van der Waals surface area contributed by atoms with Gasteiger partial charge >= 0.3 is 6.09 Å². The second-order valence-electron chi connectivity index (χ2n) is 5.40. The number of rotatable bonds is 4. The molecule has 1 aromatic rings. The van der Waals surface area contributed by atoms with Crippen molar-refractivity contribution in [2.75, 3.05) is 19.7 Å². The van der Waals surface area contributed by atoms with Gasteiger partial charge in [0.25, 0.3) is 10.0 Å². The van der Waals surface area contributed by atoms with Crippen LogP contribution in [0.3, 0.4) is 0 Å². The van der Waals surface area contributed by atoms with Gasteiger partial charge in [-0.1, -0.05) is 0 Å². The molecule has 1 saturated heterocycles. The van der Waals surface area contributed by atoms with Gasteiger partial charge in [0.2, 0.25) is 5.91 Å². The number of piperidine rings is 1. The third-order valence-electron chi connectivity index (χ3n) is 3.63. The first-order chi connectivity index (χ1) is 11.3. The Morgan fingerprint density at radius 1 is 1.38 bits per heavy atom. The van der Waals surface area contributed by atoms with Crippen molar-refractivity contribution < 1.29 is 22.7 Å². The fourth-order valence-electron chi connectivity index (χ4n) is 2.43. The molecule has 1 aliphatic rings. The maximum absolute atomic E-state index is 12.6. The van der Waals surface area contributed by atoms with Crippen LogP contribution in [0.1, 0.15) is 24.6 Å². The van der Waals surface area contributed by atoms with Crippen LogP contribution in [0.15, 0.2) is 16.3 Å². The summed E-state index contributed by atoms with van der Waals surface area (Å²) < 4.78 is 31.5. The first-order valence-electron chi connectivity index (χ1n) is 7.63. The predicted octanol–water partition coefficient (Wildman–Crippen LogP) is 1.23. The third kappa shape index (κ3) is 4.46. The average molecular weight is 375 g/mol. The van der Waals surface area contributed by atoms with Gasteiger partial charge < -0.3 is 4.74 Å². The molecule has 1 fully saturated rings. The third-order valence-corrected chi connectivity index (χ3v) is 6.96. The first kappa shape index (κ1) is 18.7. The average Bonchev–Trinajstić information content (AvgIpc) is 3.00. The van der Waals surface area contributed by atoms with Crippen molar-refractivity contribution >= 4 is 33.4 Å². The number of hydrogen-bond donors (Lipinski definition) is 2. The number of nitrogens with zero attached hydrogens (tertiary/aromatic N) is 1. The van der Waals surface area contributed by atoms with Crippen molar-refractivity contribution in [2.24, 2.45) is 5.92 Å². The van der Waals surface area contributed by atoms with Gasteiger partial charge in [0, 0.05) is 18.0 Å². The lowest BCUT2D eigenvalue weighted by Crippen LogP contribution is -2.50. The zero-order chi connectivity index (χ0) is 17.7. The van der Waals surface area contributed by atoms with Crippen molar-refractivity contribution in [1.82, 2.24) is 15.2 Å². The van der Waals surface area contributed by atoms with E-state index in [-0.39, 0.29) is 17.4 Å². The number of sulfonamides is 1. The number of carbonyl (C=O) groups is 2. The van der Waals surface area contributed by atoms with E-state index in [1.165, 1.54) is 15.6 Å². The Bertz CT molecular complexity index is 701. The summed E-state index contributed by atoms with van der Waals surface area (Å²) in [6.45, 7) is 4.16. The highest BCUT2D eigenvalue weighted by Crippen LogP contribution is 2.28. The predicted molar refractivity (Wildman–Crippen MR) is 88.8 cm³/mol. The molecule has 2 N–H and O–H groups in total. The lowest BCUT2D eigenvalue weighted by Gasteiger charge is -2.30. The molecule has 8 nitrogen and oxygen atoms in total. The molecule has 1 unspecified atom stereocenters. The Hall–Kier alpha value is -1.65. The lowest BCUT2D eigenvalue weighted by atomic mass is 9.99. The molecule has 0 radical (unpaired) electrons. The van der Waals surface area contributed by atoms with Crippen LogP contribution in [0.25, 0.3) is 0 Å². The van der Waals surface area contributed by atoms with E-state index in [0.29, 0.717) is 19.4 Å². The second-order valence-corrected chi connectivity index (χ2v) is 8.85. The molecule has 0 saturated carbocycles. The summed E-state index contributed by atoms with van der Waals surface area (Å²) in [6, 6.07) is 3.34. The fraction of sp³-hybridized carbons (Fsp3) is 0.571. The van der Waals surface area contributed by atoms with E-state index in [2.05, 4.69) is 15.6 Å². The number of ether oxygens (including phenoxy) is 1. The quantitative estimate of drug-likeness (QED) is 0.770. The van der Waals surface area contributed by atoms with Crippen molar-refractivity contribution in [2.45, 2.75) is 30.9 Å². The van der Waals surface area contributed by atoms with Crippen molar-refractivity contribution in [3.05, 3.63) is 17.0 Å². The standard InChI is InChI=1S/C14H21N3O5S2/c1-3-22-14(19)16-15-13(18)11-5-4-8-17(9-11)24(20,21)12-7-6-10(2)23-12/h6-7,11H,3-5,8-9H2,1-2H3,(H,15,18)(H,16,19). The van der Waals surface area contributed by atoms with Gasteiger partial charge in [0.1, 0.15) is 4.21 Å². The minimum Gasteiger partial charge on any atom is -0.449 e. The molecule has 1 aromatic heterocycles. The molecular weight excluding hydrogens is 354 g/mol. The molecule has 0 aromatic carbocycles. The highest BCUT2D eigenvalue weighted by atomic mass is 32.2. The van der Waals surface area contributed by atoms with Crippen molar-refractivity contribution in [3.8, 4) is 0 Å². The number of carbonyl (C=O) groups excluding carboxylic acids is 2. The minimum atomic E-state index is -3.59. The SMILES string of the molecule is CCOC(=O)NNC(=O)C1CCCN(S(=O)(=O)c2ccc(C)s2)C1. The summed E-state index contributed by atoms with van der Waals surface area (Å²) in [4.78, 5) is 24.2. The van der Waals surface area contributed by atoms with Crippen LogP contribution in [0, 0.1) is 12.8 Å². The van der Waals surface area contributed by atoms with Gasteiger partial charge in [-0.25, -0.2) is 18.6 Å². The molecule has 0 spiro atoms. The van der Waals surface area contributed by atoms with E-state index in [0.717, 1.165) is 4.88 Å². The molecule has 2 amide bonds. The minimum absolute atomic E-state index is 0.0929. The van der Waals surface area contributed by atoms with E-state index in [4.69, 9.17) is 0 Å². The maximum atomic E-state index is 12.6. The van der Waals surface area contributed by atoms with E-state index < -0.39 is 27.9 Å². The van der Waals surface area contributed by atoms with E-state index in [1.807, 2.05) is 6.92 Å². The van der Waals surface area contributed by atoms with Crippen LogP contribution >= 0.6 is 11.3 Å². The van der Waals surface area contributed by atoms with Crippen LogP contribution in [-0.2, 0) is 19.6 Å². The maximum Gasteiger partial charge on any atom is 0.426 e. The van der Waals surface area contributed by atoms with Gasteiger partial charge in [0.15, 0.2) is 0 Å². The molecule has 10 heteroatoms. The Morgan fingerprint density at radius 2 is 2.12 bits per heavy atom. The number of thiophene rings is 1. The van der Waals surface area contributed by atoms with Gasteiger partial charge in [-0.15, -0.1) is 11.3 Å². The lowest BCUT2D eigenvalue weighted by molar-refractivity contribution is -0.127. The summed E-state index contributed by atoms with van der Waals surface area (Å²) >= 11 is 1.21. The van der Waals surface area contributed by atoms with E-state index in [1.54, 1.807) is 19.1 Å². The highest BCUT2D eigenvalue weighted by Gasteiger charge is 2.34. The molecule has 24 heavy (non-hydrogen) atoms. The highest BCUT2D eigenvalue weighted by molar-refractivity contribution is 7.91. The van der Waals surface area contributed by atoms with Gasteiger partial charge in [0.05, 0.1) is 12.5 Å². The number of hydrazine groups is 1. The zero-order valence-electron chi connectivity index (χ0n) is 13.6. The molecule has 134 valence electrons.